The first-order valence-electron chi connectivity index (χ1n) is 7.17. The molecule has 0 aliphatic carbocycles. The predicted octanol–water partition coefficient (Wildman–Crippen LogP) is 0.775. The zero-order chi connectivity index (χ0) is 15.9. The Bertz CT molecular complexity index is 354. The van der Waals surface area contributed by atoms with Gasteiger partial charge in [-0.2, -0.15) is 0 Å². The number of carbonyl (C=O) groups is 2. The summed E-state index contributed by atoms with van der Waals surface area (Å²) < 4.78 is 15.8. The van der Waals surface area contributed by atoms with Crippen LogP contribution in [0.4, 0.5) is 4.79 Å². The van der Waals surface area contributed by atoms with Crippen molar-refractivity contribution in [1.82, 2.24) is 10.2 Å². The molecule has 1 atom stereocenters. The second-order valence-electron chi connectivity index (χ2n) is 6.01. The summed E-state index contributed by atoms with van der Waals surface area (Å²) in [5, 5.41) is 2.72. The molecule has 1 saturated heterocycles. The topological polar surface area (TPSA) is 77.1 Å². The van der Waals surface area contributed by atoms with Gasteiger partial charge in [-0.3, -0.25) is 4.79 Å². The second kappa shape index (κ2) is 8.19. The highest BCUT2D eigenvalue weighted by Crippen LogP contribution is 2.13. The molecule has 1 aliphatic heterocycles. The van der Waals surface area contributed by atoms with Crippen LogP contribution in [0.5, 0.6) is 0 Å². The van der Waals surface area contributed by atoms with Crippen LogP contribution in [0.25, 0.3) is 0 Å². The Morgan fingerprint density at radius 2 is 2.10 bits per heavy atom. The van der Waals surface area contributed by atoms with E-state index in [9.17, 15) is 9.59 Å². The van der Waals surface area contributed by atoms with Crippen molar-refractivity contribution in [1.29, 1.82) is 0 Å². The molecule has 7 nitrogen and oxygen atoms in total. The normalized spacial score (nSPS) is 19.8. The van der Waals surface area contributed by atoms with E-state index in [1.54, 1.807) is 4.90 Å². The molecule has 1 heterocycles. The van der Waals surface area contributed by atoms with Crippen molar-refractivity contribution in [2.75, 3.05) is 40.0 Å². The summed E-state index contributed by atoms with van der Waals surface area (Å²) in [6, 6.07) is 0. The molecule has 1 rings (SSSR count). The summed E-state index contributed by atoms with van der Waals surface area (Å²) in [6.45, 7) is 7.43. The van der Waals surface area contributed by atoms with Gasteiger partial charge in [0.1, 0.15) is 12.2 Å². The summed E-state index contributed by atoms with van der Waals surface area (Å²) in [5.74, 6) is -0.200. The maximum absolute atomic E-state index is 12.1. The van der Waals surface area contributed by atoms with E-state index in [0.29, 0.717) is 26.2 Å². The molecule has 0 aromatic rings. The number of ether oxygens (including phenoxy) is 3. The predicted molar refractivity (Wildman–Crippen MR) is 77.0 cm³/mol. The number of hydrogen-bond acceptors (Lipinski definition) is 5. The van der Waals surface area contributed by atoms with E-state index in [0.717, 1.165) is 6.42 Å². The zero-order valence-corrected chi connectivity index (χ0v) is 13.3. The van der Waals surface area contributed by atoms with E-state index < -0.39 is 5.60 Å². The molecule has 0 radical (unpaired) electrons. The fraction of sp³-hybridized carbons (Fsp3) is 0.857. The second-order valence-corrected chi connectivity index (χ2v) is 6.01. The minimum atomic E-state index is -0.521. The van der Waals surface area contributed by atoms with E-state index in [1.165, 1.54) is 7.11 Å². The van der Waals surface area contributed by atoms with Crippen molar-refractivity contribution in [3.63, 3.8) is 0 Å². The molecule has 122 valence electrons. The average molecular weight is 302 g/mol. The standard InChI is InChI=1S/C14H26N2O5/c1-14(2,3)21-13(18)16-6-5-7-20-11(9-16)8-15-12(17)10-19-4/h11H,5-10H2,1-4H3,(H,15,17)/t11-/m0/s1. The summed E-state index contributed by atoms with van der Waals surface area (Å²) >= 11 is 0. The van der Waals surface area contributed by atoms with Crippen molar-refractivity contribution in [3.05, 3.63) is 0 Å². The Balaban J connectivity index is 2.48. The fourth-order valence-electron chi connectivity index (χ4n) is 1.92. The van der Waals surface area contributed by atoms with E-state index in [4.69, 9.17) is 14.2 Å². The third kappa shape index (κ3) is 7.29. The number of methoxy groups -OCH3 is 1. The van der Waals surface area contributed by atoms with E-state index in [-0.39, 0.29) is 24.7 Å². The first-order valence-corrected chi connectivity index (χ1v) is 7.17. The maximum Gasteiger partial charge on any atom is 0.410 e. The van der Waals surface area contributed by atoms with E-state index in [1.807, 2.05) is 20.8 Å². The smallest absolute Gasteiger partial charge is 0.410 e. The number of hydrogen-bond donors (Lipinski definition) is 1. The summed E-state index contributed by atoms with van der Waals surface area (Å²) in [6.07, 6.45) is 0.170. The third-order valence-electron chi connectivity index (χ3n) is 2.80. The Morgan fingerprint density at radius 3 is 2.71 bits per heavy atom. The first-order chi connectivity index (χ1) is 9.81. The van der Waals surface area contributed by atoms with Crippen LogP contribution in [-0.2, 0) is 19.0 Å². The molecule has 1 aliphatic rings. The van der Waals surface area contributed by atoms with Crippen molar-refractivity contribution in [3.8, 4) is 0 Å². The van der Waals surface area contributed by atoms with Crippen molar-refractivity contribution < 1.29 is 23.8 Å². The number of amides is 2. The van der Waals surface area contributed by atoms with Crippen LogP contribution in [0.3, 0.4) is 0 Å². The van der Waals surface area contributed by atoms with Gasteiger partial charge in [0, 0.05) is 26.8 Å². The molecule has 0 bridgehead atoms. The van der Waals surface area contributed by atoms with Crippen LogP contribution in [0, 0.1) is 0 Å². The summed E-state index contributed by atoms with van der Waals surface area (Å²) in [5.41, 5.74) is -0.521. The number of nitrogens with zero attached hydrogens (tertiary/aromatic N) is 1. The first kappa shape index (κ1) is 17.7. The van der Waals surface area contributed by atoms with Crippen LogP contribution in [0.1, 0.15) is 27.2 Å². The zero-order valence-electron chi connectivity index (χ0n) is 13.3. The van der Waals surface area contributed by atoms with Crippen molar-refractivity contribution in [2.24, 2.45) is 0 Å². The molecule has 1 N–H and O–H groups in total. The third-order valence-corrected chi connectivity index (χ3v) is 2.80. The van der Waals surface area contributed by atoms with Crippen molar-refractivity contribution >= 4 is 12.0 Å². The quantitative estimate of drug-likeness (QED) is 0.830. The van der Waals surface area contributed by atoms with E-state index in [2.05, 4.69) is 5.32 Å². The average Bonchev–Trinajstić information content (AvgIpc) is 2.60. The number of carbonyl (C=O) groups excluding carboxylic acids is 2. The Kier molecular flexibility index (Phi) is 6.91. The summed E-state index contributed by atoms with van der Waals surface area (Å²) in [7, 11) is 1.46. The lowest BCUT2D eigenvalue weighted by atomic mass is 10.2. The van der Waals surface area contributed by atoms with Gasteiger partial charge in [0.25, 0.3) is 0 Å². The molecule has 1 fully saturated rings. The minimum Gasteiger partial charge on any atom is -0.444 e. The van der Waals surface area contributed by atoms with Gasteiger partial charge in [-0.1, -0.05) is 0 Å². The highest BCUT2D eigenvalue weighted by molar-refractivity contribution is 5.77. The van der Waals surface area contributed by atoms with Gasteiger partial charge < -0.3 is 24.4 Å². The molecular formula is C14H26N2O5. The van der Waals surface area contributed by atoms with Gasteiger partial charge >= 0.3 is 6.09 Å². The Labute approximate surface area is 125 Å². The lowest BCUT2D eigenvalue weighted by Crippen LogP contribution is -2.44. The Hall–Kier alpha value is -1.34. The summed E-state index contributed by atoms with van der Waals surface area (Å²) in [4.78, 5) is 25.1. The number of rotatable bonds is 4. The van der Waals surface area contributed by atoms with Gasteiger partial charge in [-0.05, 0) is 27.2 Å². The molecule has 0 unspecified atom stereocenters. The van der Waals surface area contributed by atoms with Gasteiger partial charge in [-0.15, -0.1) is 0 Å². The van der Waals surface area contributed by atoms with Crippen LogP contribution in [0.15, 0.2) is 0 Å². The molecule has 21 heavy (non-hydrogen) atoms. The monoisotopic (exact) mass is 302 g/mol. The van der Waals surface area contributed by atoms with Crippen molar-refractivity contribution in [2.45, 2.75) is 38.9 Å². The lowest BCUT2D eigenvalue weighted by molar-refractivity contribution is -0.125. The molecule has 0 aromatic carbocycles. The van der Waals surface area contributed by atoms with Gasteiger partial charge in [-0.25, -0.2) is 4.79 Å². The van der Waals surface area contributed by atoms with Crippen LogP contribution < -0.4 is 5.32 Å². The molecule has 0 spiro atoms. The SMILES string of the molecule is COCC(=O)NC[C@H]1CN(C(=O)OC(C)(C)C)CCCO1. The highest BCUT2D eigenvalue weighted by atomic mass is 16.6. The van der Waals surface area contributed by atoms with E-state index >= 15 is 0 Å². The lowest BCUT2D eigenvalue weighted by Gasteiger charge is -2.28. The molecule has 2 amide bonds. The van der Waals surface area contributed by atoms with Gasteiger partial charge in [0.05, 0.1) is 12.6 Å². The molecule has 7 heteroatoms. The largest absolute Gasteiger partial charge is 0.444 e. The molecule has 0 saturated carbocycles. The highest BCUT2D eigenvalue weighted by Gasteiger charge is 2.26. The van der Waals surface area contributed by atoms with Gasteiger partial charge in [0.15, 0.2) is 0 Å². The Morgan fingerprint density at radius 1 is 1.38 bits per heavy atom. The molecule has 0 aromatic heterocycles. The maximum atomic E-state index is 12.1. The molecular weight excluding hydrogens is 276 g/mol. The van der Waals surface area contributed by atoms with Crippen LogP contribution >= 0.6 is 0 Å². The minimum absolute atomic E-state index is 0.0164. The van der Waals surface area contributed by atoms with Gasteiger partial charge in [0.2, 0.25) is 5.91 Å². The van der Waals surface area contributed by atoms with Crippen LogP contribution in [0.2, 0.25) is 0 Å². The fourth-order valence-corrected chi connectivity index (χ4v) is 1.92. The number of nitrogens with one attached hydrogen (secondary N) is 1. The van der Waals surface area contributed by atoms with Crippen LogP contribution in [-0.4, -0.2) is 68.6 Å².